The summed E-state index contributed by atoms with van der Waals surface area (Å²) in [6.07, 6.45) is 74.3. The zero-order chi connectivity index (χ0) is 50.0. The van der Waals surface area contributed by atoms with Crippen molar-refractivity contribution in [3.05, 3.63) is 85.1 Å². The molecule has 0 fully saturated rings. The molecule has 69 heavy (non-hydrogen) atoms. The van der Waals surface area contributed by atoms with E-state index >= 15 is 0 Å². The molecule has 0 amide bonds. The molecule has 0 radical (unpaired) electrons. The highest BCUT2D eigenvalue weighted by Crippen LogP contribution is 2.16. The van der Waals surface area contributed by atoms with Gasteiger partial charge in [-0.15, -0.1) is 0 Å². The van der Waals surface area contributed by atoms with Crippen LogP contribution < -0.4 is 0 Å². The summed E-state index contributed by atoms with van der Waals surface area (Å²) in [5, 5.41) is 0. The average molecular weight is 962 g/mol. The van der Waals surface area contributed by atoms with E-state index in [0.717, 1.165) is 109 Å². The summed E-state index contributed by atoms with van der Waals surface area (Å²) in [7, 11) is 0. The first kappa shape index (κ1) is 65.6. The minimum atomic E-state index is -0.802. The van der Waals surface area contributed by atoms with Crippen molar-refractivity contribution in [3.63, 3.8) is 0 Å². The molecular weight excluding hydrogens is 853 g/mol. The summed E-state index contributed by atoms with van der Waals surface area (Å²) < 4.78 is 16.8. The van der Waals surface area contributed by atoms with Crippen LogP contribution in [-0.2, 0) is 28.6 Å². The van der Waals surface area contributed by atoms with Gasteiger partial charge in [0.2, 0.25) is 0 Å². The van der Waals surface area contributed by atoms with Gasteiger partial charge in [-0.3, -0.25) is 14.4 Å². The van der Waals surface area contributed by atoms with Crippen LogP contribution in [0.1, 0.15) is 278 Å². The third-order valence-corrected chi connectivity index (χ3v) is 12.4. The van der Waals surface area contributed by atoms with E-state index in [1.165, 1.54) is 128 Å². The SMILES string of the molecule is CC/C=C\C/C=C\C/C=C\C/C=C\CCCCC(=O)OC[C@H](COC(=O)CCCCCC/C=C\C/C=C\C/C=C\CCCCC)OC(=O)CCCCCCCCCCCCCCCCCCCCC. The maximum absolute atomic E-state index is 12.9. The second-order valence-electron chi connectivity index (χ2n) is 19.2. The molecule has 1 atom stereocenters. The van der Waals surface area contributed by atoms with Gasteiger partial charge in [-0.2, -0.15) is 0 Å². The number of carbonyl (C=O) groups is 3. The Morgan fingerprint density at radius 2 is 0.565 bits per heavy atom. The largest absolute Gasteiger partial charge is 0.462 e. The van der Waals surface area contributed by atoms with E-state index in [-0.39, 0.29) is 31.1 Å². The van der Waals surface area contributed by atoms with E-state index in [9.17, 15) is 14.4 Å². The lowest BCUT2D eigenvalue weighted by Gasteiger charge is -2.18. The van der Waals surface area contributed by atoms with E-state index in [1.807, 2.05) is 0 Å². The topological polar surface area (TPSA) is 78.9 Å². The van der Waals surface area contributed by atoms with Crippen molar-refractivity contribution in [3.8, 4) is 0 Å². The molecule has 396 valence electrons. The molecule has 0 aliphatic heterocycles. The lowest BCUT2D eigenvalue weighted by atomic mass is 10.0. The van der Waals surface area contributed by atoms with Crippen LogP contribution in [-0.4, -0.2) is 37.2 Å². The molecule has 0 spiro atoms. The van der Waals surface area contributed by atoms with Crippen molar-refractivity contribution in [2.45, 2.75) is 284 Å². The molecule has 0 aromatic heterocycles. The van der Waals surface area contributed by atoms with Crippen molar-refractivity contribution in [1.82, 2.24) is 0 Å². The van der Waals surface area contributed by atoms with E-state index in [2.05, 4.69) is 106 Å². The van der Waals surface area contributed by atoms with Gasteiger partial charge in [-0.05, 0) is 96.3 Å². The highest BCUT2D eigenvalue weighted by Gasteiger charge is 2.19. The van der Waals surface area contributed by atoms with E-state index in [0.29, 0.717) is 19.3 Å². The van der Waals surface area contributed by atoms with Crippen molar-refractivity contribution >= 4 is 17.9 Å². The number of unbranched alkanes of at least 4 members (excludes halogenated alkanes) is 27. The van der Waals surface area contributed by atoms with Crippen LogP contribution in [0.3, 0.4) is 0 Å². The Hall–Kier alpha value is -3.41. The molecule has 0 aliphatic carbocycles. The molecule has 0 bridgehead atoms. The minimum absolute atomic E-state index is 0.0998. The van der Waals surface area contributed by atoms with Gasteiger partial charge in [-0.25, -0.2) is 0 Å². The number of hydrogen-bond acceptors (Lipinski definition) is 6. The number of esters is 3. The first-order chi connectivity index (χ1) is 34.0. The number of allylic oxidation sites excluding steroid dienone is 14. The van der Waals surface area contributed by atoms with Gasteiger partial charge in [0.25, 0.3) is 0 Å². The summed E-state index contributed by atoms with van der Waals surface area (Å²) in [5.41, 5.74) is 0. The normalized spacial score (nSPS) is 12.7. The molecule has 0 aliphatic rings. The highest BCUT2D eigenvalue weighted by molar-refractivity contribution is 5.71. The predicted molar refractivity (Wildman–Crippen MR) is 297 cm³/mol. The fourth-order valence-corrected chi connectivity index (χ4v) is 8.03. The smallest absolute Gasteiger partial charge is 0.306 e. The van der Waals surface area contributed by atoms with Gasteiger partial charge < -0.3 is 14.2 Å². The predicted octanol–water partition coefficient (Wildman–Crippen LogP) is 19.5. The fourth-order valence-electron chi connectivity index (χ4n) is 8.03. The van der Waals surface area contributed by atoms with Crippen LogP contribution in [0.2, 0.25) is 0 Å². The van der Waals surface area contributed by atoms with E-state index in [1.54, 1.807) is 0 Å². The standard InChI is InChI=1S/C63H108O6/c1-4-7-10-13-16-19-22-25-28-30-31-33-36-39-42-45-48-51-54-57-63(66)69-60(58-67-61(64)55-52-49-46-43-40-37-34-27-24-21-18-15-12-9-6-3)59-68-62(65)56-53-50-47-44-41-38-35-32-29-26-23-20-17-14-11-8-5-2/h9,12,17-18,20-21,26-27,29,34-35,38,40,43,60H,4-8,10-11,13-16,19,22-25,28,30-33,36-37,39,41-42,44-59H2,1-3H3/b12-9-,20-17-,21-18-,29-26-,34-27-,38-35-,43-40-/t60-/m1/s1. The summed E-state index contributed by atoms with van der Waals surface area (Å²) in [6, 6.07) is 0. The average Bonchev–Trinajstić information content (AvgIpc) is 3.35. The Kier molecular flexibility index (Phi) is 54.3. The van der Waals surface area contributed by atoms with Crippen molar-refractivity contribution in [2.24, 2.45) is 0 Å². The maximum atomic E-state index is 12.9. The lowest BCUT2D eigenvalue weighted by molar-refractivity contribution is -0.167. The molecule has 6 nitrogen and oxygen atoms in total. The Morgan fingerprint density at radius 1 is 0.304 bits per heavy atom. The zero-order valence-electron chi connectivity index (χ0n) is 45.3. The Balaban J connectivity index is 4.45. The van der Waals surface area contributed by atoms with Crippen molar-refractivity contribution in [1.29, 1.82) is 0 Å². The van der Waals surface area contributed by atoms with Crippen LogP contribution in [0, 0.1) is 0 Å². The van der Waals surface area contributed by atoms with Gasteiger partial charge in [0.05, 0.1) is 0 Å². The monoisotopic (exact) mass is 961 g/mol. The molecule has 0 unspecified atom stereocenters. The second-order valence-corrected chi connectivity index (χ2v) is 19.2. The molecule has 0 heterocycles. The zero-order valence-corrected chi connectivity index (χ0v) is 45.3. The summed E-state index contributed by atoms with van der Waals surface area (Å²) in [6.45, 7) is 6.46. The van der Waals surface area contributed by atoms with Gasteiger partial charge >= 0.3 is 17.9 Å². The maximum Gasteiger partial charge on any atom is 0.306 e. The molecule has 0 rings (SSSR count). The van der Waals surface area contributed by atoms with Crippen LogP contribution in [0.25, 0.3) is 0 Å². The van der Waals surface area contributed by atoms with Gasteiger partial charge in [0.15, 0.2) is 6.10 Å². The van der Waals surface area contributed by atoms with Gasteiger partial charge in [-0.1, -0.05) is 247 Å². The molecule has 0 saturated carbocycles. The number of hydrogen-bond donors (Lipinski definition) is 0. The molecule has 0 saturated heterocycles. The van der Waals surface area contributed by atoms with Crippen LogP contribution in [0.4, 0.5) is 0 Å². The number of carbonyl (C=O) groups excluding carboxylic acids is 3. The molecule has 6 heteroatoms. The quantitative estimate of drug-likeness (QED) is 0.0262. The van der Waals surface area contributed by atoms with Crippen LogP contribution >= 0.6 is 0 Å². The summed E-state index contributed by atoms with van der Waals surface area (Å²) >= 11 is 0. The Labute approximate surface area is 426 Å². The lowest BCUT2D eigenvalue weighted by Crippen LogP contribution is -2.30. The van der Waals surface area contributed by atoms with Gasteiger partial charge in [0.1, 0.15) is 13.2 Å². The molecule has 0 N–H and O–H groups in total. The summed E-state index contributed by atoms with van der Waals surface area (Å²) in [4.78, 5) is 38.2. The first-order valence-corrected chi connectivity index (χ1v) is 29.1. The fraction of sp³-hybridized carbons (Fsp3) is 0.730. The molecular formula is C63H108O6. The Bertz CT molecular complexity index is 1330. The highest BCUT2D eigenvalue weighted by atomic mass is 16.6. The van der Waals surface area contributed by atoms with Crippen LogP contribution in [0.15, 0.2) is 85.1 Å². The summed E-state index contributed by atoms with van der Waals surface area (Å²) in [5.74, 6) is -0.953. The Morgan fingerprint density at radius 3 is 0.942 bits per heavy atom. The second kappa shape index (κ2) is 57.2. The first-order valence-electron chi connectivity index (χ1n) is 29.1. The number of ether oxygens (including phenoxy) is 3. The van der Waals surface area contributed by atoms with Crippen molar-refractivity contribution < 1.29 is 28.6 Å². The minimum Gasteiger partial charge on any atom is -0.462 e. The van der Waals surface area contributed by atoms with Gasteiger partial charge in [0, 0.05) is 19.3 Å². The third kappa shape index (κ3) is 55.4. The van der Waals surface area contributed by atoms with E-state index in [4.69, 9.17) is 14.2 Å². The molecule has 0 aromatic rings. The molecule has 0 aromatic carbocycles. The van der Waals surface area contributed by atoms with Crippen molar-refractivity contribution in [2.75, 3.05) is 13.2 Å². The number of rotatable bonds is 52. The third-order valence-electron chi connectivity index (χ3n) is 12.4. The van der Waals surface area contributed by atoms with E-state index < -0.39 is 6.10 Å². The van der Waals surface area contributed by atoms with Crippen LogP contribution in [0.5, 0.6) is 0 Å².